The highest BCUT2D eigenvalue weighted by Gasteiger charge is 2.33. The van der Waals surface area contributed by atoms with Gasteiger partial charge in [0.05, 0.1) is 24.0 Å². The third-order valence-electron chi connectivity index (χ3n) is 5.53. The Morgan fingerprint density at radius 2 is 1.74 bits per heavy atom. The fraction of sp³-hybridized carbons (Fsp3) is 0.280. The standard InChI is InChI=1S/C25H25NO7S/c1-31-21-11-7-18(8-12-21)15-26(20-9-10-20)23(27)16-33-25(28)24-19(13-14-32-24)17-34(29,30)22-5-3-2-4-6-22/h2-8,11-14,20H,9-10,15-17H2,1H3. The minimum Gasteiger partial charge on any atom is -0.497 e. The summed E-state index contributed by atoms with van der Waals surface area (Å²) in [6.07, 6.45) is 3.03. The normalized spacial score (nSPS) is 13.3. The first-order valence-corrected chi connectivity index (χ1v) is 12.5. The second kappa shape index (κ2) is 10.1. The fourth-order valence-electron chi connectivity index (χ4n) is 3.55. The van der Waals surface area contributed by atoms with Crippen molar-refractivity contribution in [3.63, 3.8) is 0 Å². The molecule has 1 aliphatic carbocycles. The van der Waals surface area contributed by atoms with Crippen LogP contribution in [-0.4, -0.2) is 45.0 Å². The second-order valence-corrected chi connectivity index (χ2v) is 10.0. The van der Waals surface area contributed by atoms with Crippen LogP contribution in [0.4, 0.5) is 0 Å². The van der Waals surface area contributed by atoms with Crippen molar-refractivity contribution in [2.24, 2.45) is 0 Å². The van der Waals surface area contributed by atoms with E-state index in [2.05, 4.69) is 0 Å². The first-order valence-electron chi connectivity index (χ1n) is 10.8. The van der Waals surface area contributed by atoms with Crippen LogP contribution in [0.1, 0.15) is 34.5 Å². The Labute approximate surface area is 198 Å². The first-order chi connectivity index (χ1) is 16.4. The molecule has 2 aromatic carbocycles. The molecule has 0 radical (unpaired) electrons. The number of nitrogens with zero attached hydrogens (tertiary/aromatic N) is 1. The van der Waals surface area contributed by atoms with E-state index in [0.29, 0.717) is 6.54 Å². The van der Waals surface area contributed by atoms with Crippen LogP contribution < -0.4 is 4.74 Å². The van der Waals surface area contributed by atoms with Gasteiger partial charge in [0, 0.05) is 18.2 Å². The average Bonchev–Trinajstić information content (AvgIpc) is 3.59. The van der Waals surface area contributed by atoms with Crippen molar-refractivity contribution in [3.8, 4) is 5.75 Å². The molecule has 0 unspecified atom stereocenters. The van der Waals surface area contributed by atoms with E-state index in [0.717, 1.165) is 24.2 Å². The fourth-order valence-corrected chi connectivity index (χ4v) is 4.93. The molecule has 1 saturated carbocycles. The molecule has 0 bridgehead atoms. The molecular weight excluding hydrogens is 458 g/mol. The Hall–Kier alpha value is -3.59. The monoisotopic (exact) mass is 483 g/mol. The Kier molecular flexibility index (Phi) is 7.02. The minimum absolute atomic E-state index is 0.114. The molecule has 1 amide bonds. The predicted octanol–water partition coefficient (Wildman–Crippen LogP) is 3.61. The maximum atomic E-state index is 12.8. The van der Waals surface area contributed by atoms with Crippen LogP contribution in [-0.2, 0) is 31.7 Å². The number of carbonyl (C=O) groups is 2. The van der Waals surface area contributed by atoms with Crippen molar-refractivity contribution in [1.82, 2.24) is 4.90 Å². The molecule has 9 heteroatoms. The SMILES string of the molecule is COc1ccc(CN(C(=O)COC(=O)c2occc2CS(=O)(=O)c2ccccc2)C2CC2)cc1. The molecule has 4 rings (SSSR count). The zero-order valence-electron chi connectivity index (χ0n) is 18.7. The van der Waals surface area contributed by atoms with E-state index < -0.39 is 28.2 Å². The summed E-state index contributed by atoms with van der Waals surface area (Å²) in [5, 5.41) is 0. The van der Waals surface area contributed by atoms with Crippen LogP contribution in [0.5, 0.6) is 5.75 Å². The molecule has 1 heterocycles. The Balaban J connectivity index is 1.38. The van der Waals surface area contributed by atoms with Crippen LogP contribution in [0.3, 0.4) is 0 Å². The Bertz CT molecular complexity index is 1250. The van der Waals surface area contributed by atoms with Gasteiger partial charge in [-0.25, -0.2) is 13.2 Å². The molecule has 0 N–H and O–H groups in total. The van der Waals surface area contributed by atoms with Gasteiger partial charge >= 0.3 is 5.97 Å². The molecular formula is C25H25NO7S. The van der Waals surface area contributed by atoms with Crippen molar-refractivity contribution in [2.75, 3.05) is 13.7 Å². The van der Waals surface area contributed by atoms with Crippen LogP contribution in [0.15, 0.2) is 76.2 Å². The molecule has 1 aliphatic rings. The van der Waals surface area contributed by atoms with Crippen molar-refractivity contribution < 1.29 is 31.9 Å². The summed E-state index contributed by atoms with van der Waals surface area (Å²) < 4.78 is 40.9. The third kappa shape index (κ3) is 5.66. The van der Waals surface area contributed by atoms with Gasteiger partial charge < -0.3 is 18.8 Å². The Morgan fingerprint density at radius 1 is 1.03 bits per heavy atom. The molecule has 1 fully saturated rings. The number of benzene rings is 2. The van der Waals surface area contributed by atoms with Gasteiger partial charge in [0.15, 0.2) is 16.4 Å². The van der Waals surface area contributed by atoms with Crippen LogP contribution >= 0.6 is 0 Å². The number of furan rings is 1. The van der Waals surface area contributed by atoms with Gasteiger partial charge in [0.25, 0.3) is 5.91 Å². The van der Waals surface area contributed by atoms with Crippen molar-refractivity contribution >= 4 is 21.7 Å². The summed E-state index contributed by atoms with van der Waals surface area (Å²) >= 11 is 0. The number of hydrogen-bond acceptors (Lipinski definition) is 7. The summed E-state index contributed by atoms with van der Waals surface area (Å²) in [6.45, 7) is -0.0660. The number of carbonyl (C=O) groups excluding carboxylic acids is 2. The highest BCUT2D eigenvalue weighted by Crippen LogP contribution is 2.29. The number of methoxy groups -OCH3 is 1. The van der Waals surface area contributed by atoms with Gasteiger partial charge in [-0.1, -0.05) is 30.3 Å². The first kappa shape index (κ1) is 23.6. The Morgan fingerprint density at radius 3 is 2.38 bits per heavy atom. The molecule has 1 aromatic heterocycles. The highest BCUT2D eigenvalue weighted by molar-refractivity contribution is 7.90. The lowest BCUT2D eigenvalue weighted by molar-refractivity contribution is -0.135. The summed E-state index contributed by atoms with van der Waals surface area (Å²) in [7, 11) is -2.09. The summed E-state index contributed by atoms with van der Waals surface area (Å²) in [6, 6.07) is 16.9. The average molecular weight is 484 g/mol. The lowest BCUT2D eigenvalue weighted by Gasteiger charge is -2.22. The van der Waals surface area contributed by atoms with Crippen molar-refractivity contribution in [1.29, 1.82) is 0 Å². The van der Waals surface area contributed by atoms with E-state index >= 15 is 0 Å². The maximum Gasteiger partial charge on any atom is 0.375 e. The lowest BCUT2D eigenvalue weighted by atomic mass is 10.2. The highest BCUT2D eigenvalue weighted by atomic mass is 32.2. The third-order valence-corrected chi connectivity index (χ3v) is 7.21. The minimum atomic E-state index is -3.68. The van der Waals surface area contributed by atoms with Crippen LogP contribution in [0.2, 0.25) is 0 Å². The van der Waals surface area contributed by atoms with Gasteiger partial charge in [-0.2, -0.15) is 0 Å². The zero-order valence-corrected chi connectivity index (χ0v) is 19.5. The van der Waals surface area contributed by atoms with E-state index in [-0.39, 0.29) is 28.2 Å². The van der Waals surface area contributed by atoms with E-state index in [1.54, 1.807) is 30.2 Å². The van der Waals surface area contributed by atoms with Gasteiger partial charge in [0.2, 0.25) is 5.76 Å². The van der Waals surface area contributed by atoms with E-state index in [1.807, 2.05) is 24.3 Å². The molecule has 0 spiro atoms. The smallest absolute Gasteiger partial charge is 0.375 e. The molecule has 178 valence electrons. The van der Waals surface area contributed by atoms with Gasteiger partial charge in [-0.3, -0.25) is 4.79 Å². The lowest BCUT2D eigenvalue weighted by Crippen LogP contribution is -2.36. The molecule has 8 nitrogen and oxygen atoms in total. The van der Waals surface area contributed by atoms with Gasteiger partial charge in [-0.05, 0) is 48.7 Å². The van der Waals surface area contributed by atoms with Crippen molar-refractivity contribution in [3.05, 3.63) is 83.8 Å². The number of amides is 1. The van der Waals surface area contributed by atoms with Gasteiger partial charge in [-0.15, -0.1) is 0 Å². The summed E-state index contributed by atoms with van der Waals surface area (Å²) in [5.41, 5.74) is 1.12. The van der Waals surface area contributed by atoms with E-state index in [9.17, 15) is 18.0 Å². The number of esters is 1. The predicted molar refractivity (Wildman–Crippen MR) is 123 cm³/mol. The van der Waals surface area contributed by atoms with E-state index in [4.69, 9.17) is 13.9 Å². The zero-order chi connectivity index (χ0) is 24.1. The van der Waals surface area contributed by atoms with Crippen LogP contribution in [0, 0.1) is 0 Å². The summed E-state index contributed by atoms with van der Waals surface area (Å²) in [4.78, 5) is 27.3. The number of hydrogen-bond donors (Lipinski definition) is 0. The number of sulfone groups is 1. The number of rotatable bonds is 10. The maximum absolute atomic E-state index is 12.8. The summed E-state index contributed by atoms with van der Waals surface area (Å²) in [5.74, 6) is -1.11. The molecule has 34 heavy (non-hydrogen) atoms. The largest absolute Gasteiger partial charge is 0.497 e. The molecule has 3 aromatic rings. The van der Waals surface area contributed by atoms with Crippen LogP contribution in [0.25, 0.3) is 0 Å². The van der Waals surface area contributed by atoms with Crippen molar-refractivity contribution in [2.45, 2.75) is 36.1 Å². The number of ether oxygens (including phenoxy) is 2. The molecule has 0 aliphatic heterocycles. The topological polar surface area (TPSA) is 103 Å². The second-order valence-electron chi connectivity index (χ2n) is 8.02. The van der Waals surface area contributed by atoms with E-state index in [1.165, 1.54) is 24.5 Å². The molecule has 0 atom stereocenters. The quantitative estimate of drug-likeness (QED) is 0.406. The van der Waals surface area contributed by atoms with Gasteiger partial charge in [0.1, 0.15) is 5.75 Å². The molecule has 0 saturated heterocycles.